The van der Waals surface area contributed by atoms with Gasteiger partial charge in [-0.1, -0.05) is 6.07 Å². The van der Waals surface area contributed by atoms with E-state index in [4.69, 9.17) is 4.74 Å². The monoisotopic (exact) mass is 235 g/mol. The van der Waals surface area contributed by atoms with E-state index < -0.39 is 0 Å². The van der Waals surface area contributed by atoms with Crippen molar-refractivity contribution in [2.45, 2.75) is 19.4 Å². The maximum absolute atomic E-state index is 5.36. The second-order valence-corrected chi connectivity index (χ2v) is 5.15. The highest BCUT2D eigenvalue weighted by Gasteiger charge is 2.08. The van der Waals surface area contributed by atoms with Gasteiger partial charge in [-0.3, -0.25) is 0 Å². The first kappa shape index (κ1) is 11.4. The molecule has 1 aromatic carbocycles. The van der Waals surface area contributed by atoms with Crippen molar-refractivity contribution in [3.8, 4) is 5.75 Å². The maximum atomic E-state index is 5.36. The molecule has 0 bridgehead atoms. The number of hydrogen-bond acceptors (Lipinski definition) is 3. The molecular formula is C13H17NOS. The normalized spacial score (nSPS) is 12.9. The number of hydrogen-bond donors (Lipinski definition) is 1. The molecule has 3 heteroatoms. The Bertz CT molecular complexity index is 478. The minimum atomic E-state index is 0.513. The van der Waals surface area contributed by atoms with E-state index in [1.54, 1.807) is 7.11 Å². The van der Waals surface area contributed by atoms with Gasteiger partial charge < -0.3 is 10.1 Å². The average Bonchev–Trinajstić information content (AvgIpc) is 2.70. The summed E-state index contributed by atoms with van der Waals surface area (Å²) in [5.74, 6) is 0.970. The molecule has 1 atom stereocenters. The predicted octanol–water partition coefficient (Wildman–Crippen LogP) is 3.06. The van der Waals surface area contributed by atoms with E-state index in [1.807, 2.05) is 30.5 Å². The van der Waals surface area contributed by atoms with Crippen molar-refractivity contribution in [1.29, 1.82) is 0 Å². The fourth-order valence-electron chi connectivity index (χ4n) is 1.77. The lowest BCUT2D eigenvalue weighted by Gasteiger charge is -2.06. The van der Waals surface area contributed by atoms with Crippen LogP contribution in [0.2, 0.25) is 0 Å². The van der Waals surface area contributed by atoms with Gasteiger partial charge in [-0.05, 0) is 38.6 Å². The van der Waals surface area contributed by atoms with Gasteiger partial charge in [0, 0.05) is 21.0 Å². The van der Waals surface area contributed by atoms with Gasteiger partial charge in [0.05, 0.1) is 7.11 Å². The number of methoxy groups -OCH3 is 1. The highest BCUT2D eigenvalue weighted by molar-refractivity contribution is 7.19. The van der Waals surface area contributed by atoms with E-state index in [9.17, 15) is 0 Å². The third-order valence-corrected chi connectivity index (χ3v) is 3.92. The third-order valence-electron chi connectivity index (χ3n) is 2.79. The Labute approximate surface area is 100 Å². The summed E-state index contributed by atoms with van der Waals surface area (Å²) in [6.07, 6.45) is 1.07. The summed E-state index contributed by atoms with van der Waals surface area (Å²) < 4.78 is 6.67. The summed E-state index contributed by atoms with van der Waals surface area (Å²) in [5.41, 5.74) is 0. The number of ether oxygens (including phenoxy) is 1. The molecule has 1 N–H and O–H groups in total. The number of benzene rings is 1. The number of likely N-dealkylation sites (N-methyl/N-ethyl adjacent to an activating group) is 1. The molecule has 1 unspecified atom stereocenters. The van der Waals surface area contributed by atoms with Crippen LogP contribution >= 0.6 is 11.3 Å². The smallest absolute Gasteiger partial charge is 0.127 e. The number of nitrogens with one attached hydrogen (secondary N) is 1. The minimum Gasteiger partial charge on any atom is -0.496 e. The summed E-state index contributed by atoms with van der Waals surface area (Å²) >= 11 is 1.85. The van der Waals surface area contributed by atoms with E-state index in [-0.39, 0.29) is 0 Å². The SMILES string of the molecule is CNC(C)Cc1cc2c(OC)cccc2s1. The van der Waals surface area contributed by atoms with Crippen molar-refractivity contribution >= 4 is 21.4 Å². The number of thiophene rings is 1. The molecule has 86 valence electrons. The molecule has 0 saturated carbocycles. The first-order valence-electron chi connectivity index (χ1n) is 5.47. The van der Waals surface area contributed by atoms with Gasteiger partial charge in [-0.2, -0.15) is 0 Å². The van der Waals surface area contributed by atoms with Crippen LogP contribution in [0.15, 0.2) is 24.3 Å². The van der Waals surface area contributed by atoms with Crippen LogP contribution in [0.1, 0.15) is 11.8 Å². The fraction of sp³-hybridized carbons (Fsp3) is 0.385. The summed E-state index contributed by atoms with van der Waals surface area (Å²) in [5, 5.41) is 4.49. The summed E-state index contributed by atoms with van der Waals surface area (Å²) in [4.78, 5) is 1.40. The molecule has 2 rings (SSSR count). The van der Waals surface area contributed by atoms with E-state index in [0.29, 0.717) is 6.04 Å². The van der Waals surface area contributed by atoms with Crippen molar-refractivity contribution in [3.05, 3.63) is 29.1 Å². The average molecular weight is 235 g/mol. The molecule has 2 aromatic rings. The minimum absolute atomic E-state index is 0.513. The lowest BCUT2D eigenvalue weighted by Crippen LogP contribution is -2.22. The topological polar surface area (TPSA) is 21.3 Å². The zero-order chi connectivity index (χ0) is 11.5. The van der Waals surface area contributed by atoms with E-state index >= 15 is 0 Å². The van der Waals surface area contributed by atoms with Crippen molar-refractivity contribution in [1.82, 2.24) is 5.32 Å². The van der Waals surface area contributed by atoms with Gasteiger partial charge in [0.1, 0.15) is 5.75 Å². The Morgan fingerprint density at radius 1 is 1.44 bits per heavy atom. The molecule has 1 aromatic heterocycles. The Morgan fingerprint density at radius 2 is 2.25 bits per heavy atom. The van der Waals surface area contributed by atoms with Crippen LogP contribution in [-0.4, -0.2) is 20.2 Å². The second kappa shape index (κ2) is 4.85. The molecule has 16 heavy (non-hydrogen) atoms. The van der Waals surface area contributed by atoms with Gasteiger partial charge in [-0.15, -0.1) is 11.3 Å². The van der Waals surface area contributed by atoms with Crippen molar-refractivity contribution in [3.63, 3.8) is 0 Å². The lowest BCUT2D eigenvalue weighted by atomic mass is 10.2. The predicted molar refractivity (Wildman–Crippen MR) is 70.6 cm³/mol. The van der Waals surface area contributed by atoms with Crippen LogP contribution in [0.25, 0.3) is 10.1 Å². The first-order chi connectivity index (χ1) is 7.74. The molecule has 1 heterocycles. The maximum Gasteiger partial charge on any atom is 0.127 e. The van der Waals surface area contributed by atoms with Gasteiger partial charge >= 0.3 is 0 Å². The van der Waals surface area contributed by atoms with Crippen LogP contribution < -0.4 is 10.1 Å². The first-order valence-corrected chi connectivity index (χ1v) is 6.29. The van der Waals surface area contributed by atoms with Crippen LogP contribution in [-0.2, 0) is 6.42 Å². The van der Waals surface area contributed by atoms with E-state index in [1.165, 1.54) is 15.0 Å². The Kier molecular flexibility index (Phi) is 3.46. The molecule has 0 amide bonds. The van der Waals surface area contributed by atoms with Crippen LogP contribution in [0.4, 0.5) is 0 Å². The molecule has 0 radical (unpaired) electrons. The van der Waals surface area contributed by atoms with Crippen molar-refractivity contribution < 1.29 is 4.74 Å². The molecule has 0 spiro atoms. The van der Waals surface area contributed by atoms with Crippen molar-refractivity contribution in [2.24, 2.45) is 0 Å². The molecule has 0 aliphatic rings. The molecule has 2 nitrogen and oxygen atoms in total. The Hall–Kier alpha value is -1.06. The molecular weight excluding hydrogens is 218 g/mol. The largest absolute Gasteiger partial charge is 0.496 e. The van der Waals surface area contributed by atoms with Crippen molar-refractivity contribution in [2.75, 3.05) is 14.2 Å². The molecule has 0 saturated heterocycles. The Balaban J connectivity index is 2.36. The van der Waals surface area contributed by atoms with Crippen LogP contribution in [0.5, 0.6) is 5.75 Å². The van der Waals surface area contributed by atoms with Gasteiger partial charge in [-0.25, -0.2) is 0 Å². The quantitative estimate of drug-likeness (QED) is 0.879. The molecule has 0 aliphatic heterocycles. The summed E-state index contributed by atoms with van der Waals surface area (Å²) in [6.45, 7) is 2.20. The van der Waals surface area contributed by atoms with Gasteiger partial charge in [0.2, 0.25) is 0 Å². The van der Waals surface area contributed by atoms with Crippen LogP contribution in [0.3, 0.4) is 0 Å². The van der Waals surface area contributed by atoms with Gasteiger partial charge in [0.15, 0.2) is 0 Å². The highest BCUT2D eigenvalue weighted by Crippen LogP contribution is 2.33. The zero-order valence-corrected chi connectivity index (χ0v) is 10.7. The summed E-state index contributed by atoms with van der Waals surface area (Å²) in [7, 11) is 3.72. The number of rotatable bonds is 4. The highest BCUT2D eigenvalue weighted by atomic mass is 32.1. The third kappa shape index (κ3) is 2.20. The van der Waals surface area contributed by atoms with E-state index in [0.717, 1.165) is 12.2 Å². The van der Waals surface area contributed by atoms with Gasteiger partial charge in [0.25, 0.3) is 0 Å². The standard InChI is InChI=1S/C13H17NOS/c1-9(14-2)7-10-8-11-12(15-3)5-4-6-13(11)16-10/h4-6,8-9,14H,7H2,1-3H3. The van der Waals surface area contributed by atoms with Crippen LogP contribution in [0, 0.1) is 0 Å². The Morgan fingerprint density at radius 3 is 2.94 bits per heavy atom. The lowest BCUT2D eigenvalue weighted by molar-refractivity contribution is 0.420. The van der Waals surface area contributed by atoms with E-state index in [2.05, 4.69) is 24.4 Å². The zero-order valence-electron chi connectivity index (χ0n) is 9.91. The molecule has 0 fully saturated rings. The fourth-order valence-corrected chi connectivity index (χ4v) is 2.98. The second-order valence-electron chi connectivity index (χ2n) is 3.98. The molecule has 0 aliphatic carbocycles. The summed E-state index contributed by atoms with van der Waals surface area (Å²) in [6, 6.07) is 8.96. The number of fused-ring (bicyclic) bond motifs is 1.